The van der Waals surface area contributed by atoms with E-state index >= 15 is 0 Å². The van der Waals surface area contributed by atoms with Gasteiger partial charge in [-0.3, -0.25) is 4.57 Å². The number of rotatable bonds is 3. The van der Waals surface area contributed by atoms with Gasteiger partial charge >= 0.3 is 13.9 Å². The van der Waals surface area contributed by atoms with Crippen LogP contribution < -0.4 is 11.4 Å². The molecule has 1 saturated heterocycles. The smallest absolute Gasteiger partial charge is 0.388 e. The van der Waals surface area contributed by atoms with E-state index in [4.69, 9.17) is 15.4 Å². The van der Waals surface area contributed by atoms with Crippen LogP contribution in [0.15, 0.2) is 11.0 Å². The highest BCUT2D eigenvalue weighted by Gasteiger charge is 2.44. The highest BCUT2D eigenvalue weighted by atomic mass is 31.1. The Labute approximate surface area is 108 Å². The summed E-state index contributed by atoms with van der Waals surface area (Å²) >= 11 is 0. The molecule has 19 heavy (non-hydrogen) atoms. The number of aliphatic hydroxyl groups excluding tert-OH is 1. The molecule has 4 atom stereocenters. The molecule has 1 aliphatic heterocycles. The molecule has 0 amide bonds. The second-order valence-corrected chi connectivity index (χ2v) is 4.78. The minimum absolute atomic E-state index is 0.0884. The molecule has 104 valence electrons. The molecular formula is C9H13N3O6P+. The van der Waals surface area contributed by atoms with E-state index < -0.39 is 32.4 Å². The number of nitrogens with zero attached hydrogens (tertiary/aromatic N) is 2. The Morgan fingerprint density at radius 2 is 2.37 bits per heavy atom. The van der Waals surface area contributed by atoms with Crippen molar-refractivity contribution in [1.82, 2.24) is 9.55 Å². The fourth-order valence-electron chi connectivity index (χ4n) is 1.80. The van der Waals surface area contributed by atoms with Crippen LogP contribution in [-0.2, 0) is 13.8 Å². The van der Waals surface area contributed by atoms with Gasteiger partial charge in [0.25, 0.3) is 0 Å². The zero-order chi connectivity index (χ0) is 14.2. The maximum absolute atomic E-state index is 11.7. The van der Waals surface area contributed by atoms with E-state index in [1.807, 2.05) is 0 Å². The lowest BCUT2D eigenvalue weighted by atomic mass is 10.2. The first-order chi connectivity index (χ1) is 8.90. The van der Waals surface area contributed by atoms with Gasteiger partial charge in [-0.1, -0.05) is 0 Å². The third-order valence-corrected chi connectivity index (χ3v) is 3.18. The Hall–Kier alpha value is -1.38. The van der Waals surface area contributed by atoms with E-state index in [2.05, 4.69) is 9.51 Å². The van der Waals surface area contributed by atoms with Crippen LogP contribution in [0.25, 0.3) is 0 Å². The molecule has 0 saturated carbocycles. The van der Waals surface area contributed by atoms with Crippen molar-refractivity contribution in [3.8, 4) is 0 Å². The summed E-state index contributed by atoms with van der Waals surface area (Å²) in [7, 11) is -2.93. The zero-order valence-electron chi connectivity index (χ0n) is 9.96. The third kappa shape index (κ3) is 2.80. The lowest BCUT2D eigenvalue weighted by molar-refractivity contribution is -0.00903. The van der Waals surface area contributed by atoms with Gasteiger partial charge < -0.3 is 15.6 Å². The van der Waals surface area contributed by atoms with Crippen molar-refractivity contribution < 1.29 is 23.8 Å². The van der Waals surface area contributed by atoms with E-state index in [0.29, 0.717) is 5.56 Å². The summed E-state index contributed by atoms with van der Waals surface area (Å²) in [6.07, 6.45) is -1.87. The Morgan fingerprint density at radius 3 is 3.00 bits per heavy atom. The number of anilines is 1. The molecule has 1 fully saturated rings. The van der Waals surface area contributed by atoms with Crippen molar-refractivity contribution in [3.05, 3.63) is 22.2 Å². The Balaban J connectivity index is 2.37. The van der Waals surface area contributed by atoms with Crippen molar-refractivity contribution in [2.45, 2.75) is 25.4 Å². The average molecular weight is 290 g/mol. The monoisotopic (exact) mass is 290 g/mol. The number of hydrogen-bond donors (Lipinski definition) is 3. The van der Waals surface area contributed by atoms with Gasteiger partial charge in [0.05, 0.1) is 6.61 Å². The van der Waals surface area contributed by atoms with Crippen LogP contribution in [0.4, 0.5) is 5.82 Å². The predicted octanol–water partition coefficient (Wildman–Crippen LogP) is -0.941. The molecule has 4 N–H and O–H groups in total. The van der Waals surface area contributed by atoms with Crippen LogP contribution in [-0.4, -0.2) is 38.4 Å². The third-order valence-electron chi connectivity index (χ3n) is 2.76. The van der Waals surface area contributed by atoms with Crippen molar-refractivity contribution in [3.63, 3.8) is 0 Å². The number of aliphatic hydroxyl groups is 1. The summed E-state index contributed by atoms with van der Waals surface area (Å²) in [4.78, 5) is 24.1. The summed E-state index contributed by atoms with van der Waals surface area (Å²) in [5.41, 5.74) is 5.35. The normalized spacial score (nSPS) is 27.5. The number of aromatic nitrogens is 2. The van der Waals surface area contributed by atoms with E-state index in [1.165, 1.54) is 6.20 Å². The molecule has 9 nitrogen and oxygen atoms in total. The molecule has 0 spiro atoms. The molecular weight excluding hydrogens is 277 g/mol. The second-order valence-electron chi connectivity index (χ2n) is 4.10. The van der Waals surface area contributed by atoms with Gasteiger partial charge in [-0.2, -0.15) is 4.98 Å². The number of nitrogen functional groups attached to an aromatic ring is 1. The van der Waals surface area contributed by atoms with Crippen LogP contribution in [0, 0.1) is 6.92 Å². The average Bonchev–Trinajstić information content (AvgIpc) is 2.65. The zero-order valence-corrected chi connectivity index (χ0v) is 10.9. The summed E-state index contributed by atoms with van der Waals surface area (Å²) < 4.78 is 21.7. The lowest BCUT2D eigenvalue weighted by Gasteiger charge is -2.17. The van der Waals surface area contributed by atoms with Crippen molar-refractivity contribution in [1.29, 1.82) is 0 Å². The van der Waals surface area contributed by atoms with Crippen LogP contribution in [0.1, 0.15) is 11.8 Å². The molecule has 2 heterocycles. The standard InChI is InChI=1S/C9H12N3O6P/c1-4-2-12(9(14)11-7(4)10)8-6(18-19(15)16)5(13)3-17-8/h2,5-6,8,13H,3H2,1H3,(H2-,10,11,14,15,16)/p+1/t5?,6-,8+/m0/s1. The molecule has 0 radical (unpaired) electrons. The predicted molar refractivity (Wildman–Crippen MR) is 63.3 cm³/mol. The molecule has 1 aromatic heterocycles. The first-order valence-electron chi connectivity index (χ1n) is 5.38. The SMILES string of the molecule is Cc1cn([C@@H]2OCC(O)[C@@H]2O[P+](=O)O)c(=O)nc1N. The van der Waals surface area contributed by atoms with E-state index in [0.717, 1.165) is 4.57 Å². The second kappa shape index (κ2) is 5.32. The van der Waals surface area contributed by atoms with Gasteiger partial charge in [0.15, 0.2) is 12.3 Å². The number of nitrogens with two attached hydrogens (primary N) is 1. The minimum Gasteiger partial charge on any atom is -0.388 e. The molecule has 0 bridgehead atoms. The summed E-state index contributed by atoms with van der Waals surface area (Å²) in [6, 6.07) is 0. The van der Waals surface area contributed by atoms with Gasteiger partial charge in [-0.25, -0.2) is 4.79 Å². The van der Waals surface area contributed by atoms with Gasteiger partial charge in [0.2, 0.25) is 0 Å². The van der Waals surface area contributed by atoms with E-state index in [9.17, 15) is 14.5 Å². The fraction of sp³-hybridized carbons (Fsp3) is 0.556. The van der Waals surface area contributed by atoms with Crippen LogP contribution in [0.2, 0.25) is 0 Å². The first kappa shape index (κ1) is 14.0. The topological polar surface area (TPSA) is 137 Å². The fourth-order valence-corrected chi connectivity index (χ4v) is 2.26. The van der Waals surface area contributed by atoms with Crippen molar-refractivity contribution in [2.24, 2.45) is 0 Å². The van der Waals surface area contributed by atoms with Crippen molar-refractivity contribution >= 4 is 14.1 Å². The van der Waals surface area contributed by atoms with Crippen LogP contribution in [0.3, 0.4) is 0 Å². The first-order valence-corrected chi connectivity index (χ1v) is 6.51. The van der Waals surface area contributed by atoms with E-state index in [1.54, 1.807) is 6.92 Å². The lowest BCUT2D eigenvalue weighted by Crippen LogP contribution is -2.36. The molecule has 10 heteroatoms. The maximum Gasteiger partial charge on any atom is 0.695 e. The largest absolute Gasteiger partial charge is 0.695 e. The van der Waals surface area contributed by atoms with Gasteiger partial charge in [-0.05, 0) is 6.92 Å². The summed E-state index contributed by atoms with van der Waals surface area (Å²) in [5.74, 6) is 0.0884. The number of aryl methyl sites for hydroxylation is 1. The quantitative estimate of drug-likeness (QED) is 0.606. The highest BCUT2D eigenvalue weighted by Crippen LogP contribution is 2.32. The van der Waals surface area contributed by atoms with Crippen LogP contribution >= 0.6 is 8.25 Å². The maximum atomic E-state index is 11.7. The Morgan fingerprint density at radius 1 is 1.68 bits per heavy atom. The van der Waals surface area contributed by atoms with E-state index in [-0.39, 0.29) is 12.4 Å². The number of ether oxygens (including phenoxy) is 1. The van der Waals surface area contributed by atoms with Gasteiger partial charge in [0, 0.05) is 16.3 Å². The van der Waals surface area contributed by atoms with Crippen LogP contribution in [0.5, 0.6) is 0 Å². The molecule has 0 aromatic carbocycles. The Bertz CT molecular complexity index is 561. The summed E-state index contributed by atoms with van der Waals surface area (Å²) in [5, 5.41) is 9.63. The van der Waals surface area contributed by atoms with Gasteiger partial charge in [-0.15, -0.1) is 9.42 Å². The molecule has 2 unspecified atom stereocenters. The molecule has 0 aliphatic carbocycles. The molecule has 2 rings (SSSR count). The molecule has 1 aromatic rings. The highest BCUT2D eigenvalue weighted by molar-refractivity contribution is 7.32. The summed E-state index contributed by atoms with van der Waals surface area (Å²) in [6.45, 7) is 1.53. The molecule has 1 aliphatic rings. The minimum atomic E-state index is -2.93. The Kier molecular flexibility index (Phi) is 3.93. The number of hydrogen-bond acceptors (Lipinski definition) is 7. The van der Waals surface area contributed by atoms with Crippen molar-refractivity contribution in [2.75, 3.05) is 12.3 Å². The van der Waals surface area contributed by atoms with Gasteiger partial charge in [0.1, 0.15) is 11.9 Å².